The van der Waals surface area contributed by atoms with E-state index >= 15 is 0 Å². The van der Waals surface area contributed by atoms with Gasteiger partial charge < -0.3 is 9.80 Å². The quantitative estimate of drug-likeness (QED) is 0.647. The first-order valence-electron chi connectivity index (χ1n) is 12.3. The summed E-state index contributed by atoms with van der Waals surface area (Å²) in [4.78, 5) is 30.7. The van der Waals surface area contributed by atoms with E-state index in [4.69, 9.17) is 11.6 Å². The van der Waals surface area contributed by atoms with Gasteiger partial charge in [0.15, 0.2) is 0 Å². The number of anilines is 1. The van der Waals surface area contributed by atoms with Crippen LogP contribution in [0.5, 0.6) is 0 Å². The number of halogens is 2. The van der Waals surface area contributed by atoms with Crippen LogP contribution in [0.2, 0.25) is 5.02 Å². The summed E-state index contributed by atoms with van der Waals surface area (Å²) in [5.41, 5.74) is 1.52. The predicted octanol–water partition coefficient (Wildman–Crippen LogP) is 3.06. The third kappa shape index (κ3) is 4.90. The maximum Gasteiger partial charge on any atom is 0.236 e. The van der Waals surface area contributed by atoms with E-state index in [9.17, 15) is 9.18 Å². The number of aromatic nitrogens is 2. The van der Waals surface area contributed by atoms with E-state index in [0.29, 0.717) is 17.3 Å². The van der Waals surface area contributed by atoms with Gasteiger partial charge in [-0.15, -0.1) is 0 Å². The standard InChI is InChI=1S/C25H32ClFN6O/c1-18-5-6-20(27)24(25(18)26)21-15-29-22(16-28-21)32-9-7-30(8-10-32)17-23(34)33-13-11-31(12-14-33)19-3-2-4-19/h5-6,15-16,19H,2-4,7-14,17H2,1H3. The molecule has 0 spiro atoms. The van der Waals surface area contributed by atoms with Crippen LogP contribution in [0.1, 0.15) is 24.8 Å². The first-order chi connectivity index (χ1) is 16.5. The Balaban J connectivity index is 1.12. The van der Waals surface area contributed by atoms with Crippen LogP contribution in [-0.2, 0) is 4.79 Å². The maximum absolute atomic E-state index is 14.3. The Morgan fingerprint density at radius 2 is 1.76 bits per heavy atom. The molecule has 9 heteroatoms. The van der Waals surface area contributed by atoms with Crippen molar-refractivity contribution in [1.82, 2.24) is 24.7 Å². The highest BCUT2D eigenvalue weighted by Crippen LogP contribution is 2.32. The number of hydrogen-bond donors (Lipinski definition) is 0. The highest BCUT2D eigenvalue weighted by molar-refractivity contribution is 6.34. The summed E-state index contributed by atoms with van der Waals surface area (Å²) in [5, 5.41) is 0.366. The van der Waals surface area contributed by atoms with Gasteiger partial charge in [-0.3, -0.25) is 19.6 Å². The second-order valence-corrected chi connectivity index (χ2v) is 9.96. The van der Waals surface area contributed by atoms with Gasteiger partial charge in [0.1, 0.15) is 11.6 Å². The molecule has 3 heterocycles. The average Bonchev–Trinajstić information content (AvgIpc) is 2.82. The molecule has 5 rings (SSSR count). The summed E-state index contributed by atoms with van der Waals surface area (Å²) >= 11 is 6.31. The fourth-order valence-corrected chi connectivity index (χ4v) is 5.27. The highest BCUT2D eigenvalue weighted by atomic mass is 35.5. The zero-order chi connectivity index (χ0) is 23.7. The minimum absolute atomic E-state index is 0.239. The Labute approximate surface area is 205 Å². The lowest BCUT2D eigenvalue weighted by Crippen LogP contribution is -2.56. The molecular weight excluding hydrogens is 455 g/mol. The highest BCUT2D eigenvalue weighted by Gasteiger charge is 2.30. The zero-order valence-electron chi connectivity index (χ0n) is 19.7. The lowest BCUT2D eigenvalue weighted by atomic mass is 9.91. The molecule has 1 aliphatic carbocycles. The first-order valence-corrected chi connectivity index (χ1v) is 12.6. The van der Waals surface area contributed by atoms with E-state index in [1.54, 1.807) is 18.5 Å². The normalized spacial score (nSPS) is 20.4. The number of hydrogen-bond acceptors (Lipinski definition) is 6. The van der Waals surface area contributed by atoms with E-state index < -0.39 is 5.82 Å². The van der Waals surface area contributed by atoms with Crippen LogP contribution in [0.4, 0.5) is 10.2 Å². The molecule has 1 aromatic carbocycles. The molecule has 0 N–H and O–H groups in total. The lowest BCUT2D eigenvalue weighted by molar-refractivity contribution is -0.134. The molecule has 2 aromatic rings. The van der Waals surface area contributed by atoms with Gasteiger partial charge in [-0.1, -0.05) is 24.1 Å². The minimum atomic E-state index is -0.402. The summed E-state index contributed by atoms with van der Waals surface area (Å²) in [6.45, 7) is 9.19. The van der Waals surface area contributed by atoms with Crippen molar-refractivity contribution in [2.45, 2.75) is 32.2 Å². The lowest BCUT2D eigenvalue weighted by Gasteiger charge is -2.43. The van der Waals surface area contributed by atoms with Crippen molar-refractivity contribution in [1.29, 1.82) is 0 Å². The average molecular weight is 487 g/mol. The maximum atomic E-state index is 14.3. The van der Waals surface area contributed by atoms with E-state index in [-0.39, 0.29) is 11.5 Å². The summed E-state index contributed by atoms with van der Waals surface area (Å²) in [5.74, 6) is 0.592. The van der Waals surface area contributed by atoms with Gasteiger partial charge in [0.05, 0.1) is 35.2 Å². The van der Waals surface area contributed by atoms with Crippen molar-refractivity contribution in [2.24, 2.45) is 0 Å². The molecule has 3 aliphatic rings. The Kier molecular flexibility index (Phi) is 6.99. The van der Waals surface area contributed by atoms with Crippen LogP contribution in [0.3, 0.4) is 0 Å². The second kappa shape index (κ2) is 10.1. The summed E-state index contributed by atoms with van der Waals surface area (Å²) in [6, 6.07) is 3.82. The smallest absolute Gasteiger partial charge is 0.236 e. The molecule has 2 saturated heterocycles. The Hall–Kier alpha value is -2.29. The predicted molar refractivity (Wildman–Crippen MR) is 132 cm³/mol. The van der Waals surface area contributed by atoms with E-state index in [0.717, 1.165) is 69.8 Å². The second-order valence-electron chi connectivity index (χ2n) is 9.58. The molecule has 34 heavy (non-hydrogen) atoms. The van der Waals surface area contributed by atoms with Crippen molar-refractivity contribution in [3.63, 3.8) is 0 Å². The van der Waals surface area contributed by atoms with Gasteiger partial charge in [0, 0.05) is 58.4 Å². The zero-order valence-corrected chi connectivity index (χ0v) is 20.5. The van der Waals surface area contributed by atoms with Gasteiger partial charge in [-0.25, -0.2) is 9.37 Å². The van der Waals surface area contributed by atoms with Gasteiger partial charge in [0.2, 0.25) is 5.91 Å². The van der Waals surface area contributed by atoms with Crippen molar-refractivity contribution in [3.05, 3.63) is 40.9 Å². The molecule has 182 valence electrons. The number of piperazine rings is 2. The molecule has 0 bridgehead atoms. The molecule has 0 radical (unpaired) electrons. The van der Waals surface area contributed by atoms with Gasteiger partial charge >= 0.3 is 0 Å². The van der Waals surface area contributed by atoms with E-state index in [1.807, 2.05) is 11.8 Å². The minimum Gasteiger partial charge on any atom is -0.353 e. The molecule has 7 nitrogen and oxygen atoms in total. The third-order valence-corrected chi connectivity index (χ3v) is 7.98. The number of carbonyl (C=O) groups is 1. The SMILES string of the molecule is Cc1ccc(F)c(-c2cnc(N3CCN(CC(=O)N4CCN(C5CCC5)CC4)CC3)cn2)c1Cl. The summed E-state index contributed by atoms with van der Waals surface area (Å²) < 4.78 is 14.3. The van der Waals surface area contributed by atoms with Gasteiger partial charge in [-0.2, -0.15) is 0 Å². The number of carbonyl (C=O) groups excluding carboxylic acids is 1. The number of benzene rings is 1. The van der Waals surface area contributed by atoms with Gasteiger partial charge in [-0.05, 0) is 31.4 Å². The fourth-order valence-electron chi connectivity index (χ4n) is 5.02. The molecular formula is C25H32ClFN6O. The van der Waals surface area contributed by atoms with Crippen molar-refractivity contribution >= 4 is 23.3 Å². The largest absolute Gasteiger partial charge is 0.353 e. The van der Waals surface area contributed by atoms with Crippen LogP contribution in [-0.4, -0.2) is 95.5 Å². The monoisotopic (exact) mass is 486 g/mol. The van der Waals surface area contributed by atoms with Crippen molar-refractivity contribution in [3.8, 4) is 11.3 Å². The van der Waals surface area contributed by atoms with Crippen LogP contribution in [0, 0.1) is 12.7 Å². The molecule has 1 amide bonds. The Morgan fingerprint density at radius 1 is 1.03 bits per heavy atom. The number of nitrogens with zero attached hydrogens (tertiary/aromatic N) is 6. The number of rotatable bonds is 5. The molecule has 0 atom stereocenters. The van der Waals surface area contributed by atoms with Crippen molar-refractivity contribution < 1.29 is 9.18 Å². The third-order valence-electron chi connectivity index (χ3n) is 7.49. The Bertz CT molecular complexity index is 1010. The summed E-state index contributed by atoms with van der Waals surface area (Å²) in [7, 11) is 0. The van der Waals surface area contributed by atoms with E-state index in [1.165, 1.54) is 25.3 Å². The van der Waals surface area contributed by atoms with Crippen LogP contribution in [0.25, 0.3) is 11.3 Å². The fraction of sp³-hybridized carbons (Fsp3) is 0.560. The molecule has 1 saturated carbocycles. The summed E-state index contributed by atoms with van der Waals surface area (Å²) in [6.07, 6.45) is 7.25. The Morgan fingerprint density at radius 3 is 2.38 bits per heavy atom. The molecule has 3 fully saturated rings. The van der Waals surface area contributed by atoms with Crippen LogP contribution in [0.15, 0.2) is 24.5 Å². The number of aryl methyl sites for hydroxylation is 1. The van der Waals surface area contributed by atoms with E-state index in [2.05, 4.69) is 24.7 Å². The van der Waals surface area contributed by atoms with Crippen LogP contribution < -0.4 is 4.90 Å². The number of amides is 1. The molecule has 0 unspecified atom stereocenters. The first kappa shape index (κ1) is 23.5. The molecule has 2 aliphatic heterocycles. The van der Waals surface area contributed by atoms with Crippen molar-refractivity contribution in [2.75, 3.05) is 63.8 Å². The topological polar surface area (TPSA) is 55.8 Å². The van der Waals surface area contributed by atoms with Crippen LogP contribution >= 0.6 is 11.6 Å². The van der Waals surface area contributed by atoms with Gasteiger partial charge in [0.25, 0.3) is 0 Å². The molecule has 1 aromatic heterocycles.